The Bertz CT molecular complexity index is 499. The predicted molar refractivity (Wildman–Crippen MR) is 79.9 cm³/mol. The molecule has 0 aliphatic carbocycles. The van der Waals surface area contributed by atoms with Gasteiger partial charge in [-0.25, -0.2) is 13.6 Å². The molecular formula is C16H23F2NO2. The molecule has 0 saturated carbocycles. The number of carboxylic acids is 1. The second-order valence-corrected chi connectivity index (χ2v) is 5.58. The number of benzene rings is 1. The van der Waals surface area contributed by atoms with Crippen LogP contribution in [0.1, 0.15) is 50.9 Å². The summed E-state index contributed by atoms with van der Waals surface area (Å²) in [5.41, 5.74) is -0.495. The first-order valence-electron chi connectivity index (χ1n) is 7.31. The van der Waals surface area contributed by atoms with Gasteiger partial charge in [-0.1, -0.05) is 27.7 Å². The monoisotopic (exact) mass is 299 g/mol. The predicted octanol–water partition coefficient (Wildman–Crippen LogP) is 4.31. The van der Waals surface area contributed by atoms with E-state index in [9.17, 15) is 13.6 Å². The van der Waals surface area contributed by atoms with Crippen LogP contribution in [0, 0.1) is 17.6 Å². The van der Waals surface area contributed by atoms with Gasteiger partial charge in [0.25, 0.3) is 0 Å². The molecule has 0 saturated heterocycles. The van der Waals surface area contributed by atoms with Crippen LogP contribution in [0.15, 0.2) is 12.1 Å². The average molecular weight is 299 g/mol. The summed E-state index contributed by atoms with van der Waals surface area (Å²) in [6.07, 6.45) is 1.62. The number of hydrogen-bond acceptors (Lipinski definition) is 2. The highest BCUT2D eigenvalue weighted by molar-refractivity contribution is 5.88. The van der Waals surface area contributed by atoms with Crippen molar-refractivity contribution in [2.75, 3.05) is 11.4 Å². The van der Waals surface area contributed by atoms with Gasteiger partial charge in [0.15, 0.2) is 11.6 Å². The number of carbonyl (C=O) groups is 1. The van der Waals surface area contributed by atoms with Gasteiger partial charge in [0.05, 0.1) is 11.3 Å². The fraction of sp³-hybridized carbons (Fsp3) is 0.562. The third-order valence-corrected chi connectivity index (χ3v) is 3.55. The van der Waals surface area contributed by atoms with Gasteiger partial charge in [-0.15, -0.1) is 0 Å². The van der Waals surface area contributed by atoms with E-state index in [1.165, 1.54) is 6.07 Å². The summed E-state index contributed by atoms with van der Waals surface area (Å²) in [4.78, 5) is 12.7. The maximum atomic E-state index is 14.3. The van der Waals surface area contributed by atoms with Crippen LogP contribution in [0.25, 0.3) is 0 Å². The Morgan fingerprint density at radius 3 is 2.19 bits per heavy atom. The zero-order valence-electron chi connectivity index (χ0n) is 13.0. The van der Waals surface area contributed by atoms with Crippen molar-refractivity contribution in [2.45, 2.75) is 46.6 Å². The molecule has 118 valence electrons. The van der Waals surface area contributed by atoms with E-state index in [2.05, 4.69) is 0 Å². The van der Waals surface area contributed by atoms with Gasteiger partial charge in [0, 0.05) is 12.6 Å². The minimum absolute atomic E-state index is 0.0944. The first kappa shape index (κ1) is 17.4. The molecule has 1 aromatic rings. The van der Waals surface area contributed by atoms with Gasteiger partial charge < -0.3 is 10.0 Å². The highest BCUT2D eigenvalue weighted by atomic mass is 19.2. The lowest BCUT2D eigenvalue weighted by Gasteiger charge is -2.34. The van der Waals surface area contributed by atoms with Crippen molar-refractivity contribution >= 4 is 11.7 Å². The van der Waals surface area contributed by atoms with Crippen LogP contribution in [0.4, 0.5) is 14.5 Å². The van der Waals surface area contributed by atoms with E-state index in [1.807, 2.05) is 32.6 Å². The van der Waals surface area contributed by atoms with E-state index in [0.717, 1.165) is 18.9 Å². The van der Waals surface area contributed by atoms with Crippen LogP contribution in [0.3, 0.4) is 0 Å². The average Bonchev–Trinajstić information content (AvgIpc) is 2.41. The summed E-state index contributed by atoms with van der Waals surface area (Å²) in [6, 6.07) is 2.59. The Balaban J connectivity index is 3.31. The van der Waals surface area contributed by atoms with Gasteiger partial charge in [0.2, 0.25) is 0 Å². The van der Waals surface area contributed by atoms with Crippen LogP contribution >= 0.6 is 0 Å². The molecule has 0 bridgehead atoms. The maximum absolute atomic E-state index is 14.3. The van der Waals surface area contributed by atoms with Crippen LogP contribution in [0.2, 0.25) is 0 Å². The molecular weight excluding hydrogens is 276 g/mol. The van der Waals surface area contributed by atoms with Gasteiger partial charge in [-0.2, -0.15) is 0 Å². The number of rotatable bonds is 7. The molecule has 0 fully saturated rings. The van der Waals surface area contributed by atoms with E-state index in [-0.39, 0.29) is 17.6 Å². The number of aromatic carboxylic acids is 1. The molecule has 0 unspecified atom stereocenters. The molecule has 0 spiro atoms. The second kappa shape index (κ2) is 7.38. The van der Waals surface area contributed by atoms with Crippen LogP contribution in [-0.2, 0) is 0 Å². The summed E-state index contributed by atoms with van der Waals surface area (Å²) in [6.45, 7) is 8.61. The number of carboxylic acid groups (broad SMARTS) is 1. The fourth-order valence-electron chi connectivity index (χ4n) is 2.49. The molecule has 21 heavy (non-hydrogen) atoms. The molecule has 0 aromatic heterocycles. The van der Waals surface area contributed by atoms with E-state index in [4.69, 9.17) is 5.11 Å². The summed E-state index contributed by atoms with van der Waals surface area (Å²) >= 11 is 0. The van der Waals surface area contributed by atoms with Gasteiger partial charge >= 0.3 is 5.97 Å². The zero-order chi connectivity index (χ0) is 16.2. The third kappa shape index (κ3) is 3.93. The zero-order valence-corrected chi connectivity index (χ0v) is 13.0. The van der Waals surface area contributed by atoms with Gasteiger partial charge in [-0.3, -0.25) is 0 Å². The topological polar surface area (TPSA) is 40.5 Å². The fourth-order valence-corrected chi connectivity index (χ4v) is 2.49. The second-order valence-electron chi connectivity index (χ2n) is 5.58. The highest BCUT2D eigenvalue weighted by Crippen LogP contribution is 2.28. The quantitative estimate of drug-likeness (QED) is 0.815. The van der Waals surface area contributed by atoms with Crippen molar-refractivity contribution in [1.82, 2.24) is 0 Å². The van der Waals surface area contributed by atoms with Crippen molar-refractivity contribution in [3.8, 4) is 0 Å². The molecule has 0 aliphatic rings. The van der Waals surface area contributed by atoms with Gasteiger partial charge in [0.1, 0.15) is 0 Å². The number of halogens is 2. The lowest BCUT2D eigenvalue weighted by molar-refractivity contribution is 0.0690. The van der Waals surface area contributed by atoms with Crippen molar-refractivity contribution < 1.29 is 18.7 Å². The summed E-state index contributed by atoms with van der Waals surface area (Å²) in [5, 5.41) is 8.85. The molecule has 1 aromatic carbocycles. The van der Waals surface area contributed by atoms with Gasteiger partial charge in [-0.05, 0) is 30.9 Å². The summed E-state index contributed by atoms with van der Waals surface area (Å²) in [7, 11) is 0. The summed E-state index contributed by atoms with van der Waals surface area (Å²) in [5.74, 6) is -3.55. The van der Waals surface area contributed by atoms with Crippen molar-refractivity contribution in [2.24, 2.45) is 5.92 Å². The van der Waals surface area contributed by atoms with E-state index >= 15 is 0 Å². The Hall–Kier alpha value is -1.65. The number of hydrogen-bond donors (Lipinski definition) is 1. The molecule has 0 amide bonds. The Morgan fingerprint density at radius 2 is 1.76 bits per heavy atom. The molecule has 0 atom stereocenters. The van der Waals surface area contributed by atoms with E-state index in [1.54, 1.807) is 0 Å². The highest BCUT2D eigenvalue weighted by Gasteiger charge is 2.24. The number of nitrogens with zero attached hydrogens (tertiary/aromatic N) is 1. The SMILES string of the molecule is CCC(CC)N(CC(C)C)c1ccc(C(=O)O)c(F)c1F. The molecule has 3 nitrogen and oxygen atoms in total. The van der Waals surface area contributed by atoms with Crippen molar-refractivity contribution in [3.63, 3.8) is 0 Å². The minimum atomic E-state index is -1.46. The smallest absolute Gasteiger partial charge is 0.338 e. The van der Waals surface area contributed by atoms with Crippen molar-refractivity contribution in [1.29, 1.82) is 0 Å². The molecule has 0 heterocycles. The Labute approximate surface area is 124 Å². The molecule has 5 heteroatoms. The van der Waals surface area contributed by atoms with E-state index in [0.29, 0.717) is 6.54 Å². The first-order valence-corrected chi connectivity index (χ1v) is 7.31. The Kier molecular flexibility index (Phi) is 6.12. The molecule has 1 rings (SSSR count). The summed E-state index contributed by atoms with van der Waals surface area (Å²) < 4.78 is 28.2. The van der Waals surface area contributed by atoms with E-state index < -0.39 is 23.2 Å². The molecule has 1 N–H and O–H groups in total. The van der Waals surface area contributed by atoms with Crippen LogP contribution in [-0.4, -0.2) is 23.7 Å². The molecule has 0 aliphatic heterocycles. The third-order valence-electron chi connectivity index (χ3n) is 3.55. The number of anilines is 1. The lowest BCUT2D eigenvalue weighted by Crippen LogP contribution is -2.38. The van der Waals surface area contributed by atoms with Crippen LogP contribution in [0.5, 0.6) is 0 Å². The normalized spacial score (nSPS) is 11.2. The maximum Gasteiger partial charge on any atom is 0.338 e. The van der Waals surface area contributed by atoms with Crippen LogP contribution < -0.4 is 4.90 Å². The van der Waals surface area contributed by atoms with Crippen molar-refractivity contribution in [3.05, 3.63) is 29.3 Å². The minimum Gasteiger partial charge on any atom is -0.478 e. The standard InChI is InChI=1S/C16H23F2NO2/c1-5-11(6-2)19(9-10(3)4)13-8-7-12(16(20)21)14(17)15(13)18/h7-8,10-11H,5-6,9H2,1-4H3,(H,20,21). The largest absolute Gasteiger partial charge is 0.478 e. The Morgan fingerprint density at radius 1 is 1.19 bits per heavy atom. The lowest BCUT2D eigenvalue weighted by atomic mass is 10.0. The first-order chi connectivity index (χ1) is 9.83. The molecule has 0 radical (unpaired) electrons.